The molecule has 0 atom stereocenters. The summed E-state index contributed by atoms with van der Waals surface area (Å²) in [7, 11) is 1.68. The van der Waals surface area contributed by atoms with Crippen LogP contribution in [-0.4, -0.2) is 17.1 Å². The topological polar surface area (TPSA) is 59.2 Å². The molecule has 0 aliphatic heterocycles. The molecule has 5 rings (SSSR count). The summed E-state index contributed by atoms with van der Waals surface area (Å²) in [4.78, 5) is 7.96. The molecule has 164 valence electrons. The molecule has 5 nitrogen and oxygen atoms in total. The molecule has 0 amide bonds. The first kappa shape index (κ1) is 20.6. The van der Waals surface area contributed by atoms with Gasteiger partial charge in [0.2, 0.25) is 0 Å². The molecule has 2 aromatic heterocycles. The van der Waals surface area contributed by atoms with Crippen LogP contribution in [0.4, 0.5) is 5.69 Å². The predicted molar refractivity (Wildman–Crippen MR) is 133 cm³/mol. The van der Waals surface area contributed by atoms with Crippen molar-refractivity contribution in [3.8, 4) is 22.8 Å². The molecule has 0 aliphatic rings. The molecule has 3 aromatic carbocycles. The minimum atomic E-state index is 0.540. The lowest BCUT2D eigenvalue weighted by atomic mass is 10.1. The number of aromatic amines is 1. The molecule has 0 spiro atoms. The minimum absolute atomic E-state index is 0.540. The van der Waals surface area contributed by atoms with Gasteiger partial charge in [-0.2, -0.15) is 0 Å². The number of rotatable bonds is 8. The Balaban J connectivity index is 1.34. The van der Waals surface area contributed by atoms with Gasteiger partial charge in [-0.15, -0.1) is 0 Å². The van der Waals surface area contributed by atoms with Gasteiger partial charge < -0.3 is 19.8 Å². The van der Waals surface area contributed by atoms with E-state index < -0.39 is 0 Å². The van der Waals surface area contributed by atoms with E-state index in [0.29, 0.717) is 13.2 Å². The Morgan fingerprint density at radius 1 is 0.818 bits per heavy atom. The number of ether oxygens (including phenoxy) is 2. The summed E-state index contributed by atoms with van der Waals surface area (Å²) >= 11 is 0. The third-order valence-corrected chi connectivity index (χ3v) is 5.57. The van der Waals surface area contributed by atoms with Crippen LogP contribution in [0.15, 0.2) is 97.2 Å². The number of benzene rings is 3. The van der Waals surface area contributed by atoms with E-state index in [-0.39, 0.29) is 0 Å². The Bertz CT molecular complexity index is 1340. The van der Waals surface area contributed by atoms with Crippen molar-refractivity contribution in [2.45, 2.75) is 13.2 Å². The highest BCUT2D eigenvalue weighted by atomic mass is 16.5. The Morgan fingerprint density at radius 3 is 2.48 bits per heavy atom. The normalized spacial score (nSPS) is 10.8. The lowest BCUT2D eigenvalue weighted by Crippen LogP contribution is -1.99. The molecule has 5 heteroatoms. The summed E-state index contributed by atoms with van der Waals surface area (Å²) in [6.45, 7) is 1.25. The largest absolute Gasteiger partial charge is 0.497 e. The van der Waals surface area contributed by atoms with E-state index in [9.17, 15) is 0 Å². The predicted octanol–water partition coefficient (Wildman–Crippen LogP) is 6.43. The molecule has 0 aliphatic carbocycles. The number of H-pyrrole nitrogens is 1. The van der Waals surface area contributed by atoms with E-state index in [1.165, 1.54) is 5.56 Å². The van der Waals surface area contributed by atoms with Crippen LogP contribution in [-0.2, 0) is 13.2 Å². The van der Waals surface area contributed by atoms with Gasteiger partial charge in [0.1, 0.15) is 23.8 Å². The van der Waals surface area contributed by atoms with Crippen LogP contribution in [0, 0.1) is 0 Å². The Kier molecular flexibility index (Phi) is 5.93. The maximum absolute atomic E-state index is 6.01. The van der Waals surface area contributed by atoms with Crippen LogP contribution in [0.2, 0.25) is 0 Å². The molecule has 0 saturated heterocycles. The van der Waals surface area contributed by atoms with Gasteiger partial charge in [-0.25, -0.2) is 4.98 Å². The van der Waals surface area contributed by atoms with Crippen LogP contribution < -0.4 is 14.8 Å². The van der Waals surface area contributed by atoms with E-state index in [4.69, 9.17) is 9.47 Å². The third kappa shape index (κ3) is 4.83. The average Bonchev–Trinajstić information content (AvgIpc) is 3.33. The van der Waals surface area contributed by atoms with Gasteiger partial charge in [0.25, 0.3) is 0 Å². The Hall–Kier alpha value is -4.25. The van der Waals surface area contributed by atoms with Crippen molar-refractivity contribution in [2.24, 2.45) is 0 Å². The first-order valence-corrected chi connectivity index (χ1v) is 10.9. The molecule has 2 heterocycles. The third-order valence-electron chi connectivity index (χ3n) is 5.57. The van der Waals surface area contributed by atoms with Gasteiger partial charge in [0.15, 0.2) is 0 Å². The van der Waals surface area contributed by atoms with Gasteiger partial charge >= 0.3 is 0 Å². The van der Waals surface area contributed by atoms with Crippen molar-refractivity contribution in [3.05, 3.63) is 108 Å². The Labute approximate surface area is 193 Å². The molecule has 0 saturated carbocycles. The number of anilines is 1. The maximum atomic E-state index is 6.01. The number of pyridine rings is 1. The zero-order chi connectivity index (χ0) is 22.5. The fourth-order valence-corrected chi connectivity index (χ4v) is 3.77. The Morgan fingerprint density at radius 2 is 1.67 bits per heavy atom. The molecular weight excluding hydrogens is 410 g/mol. The van der Waals surface area contributed by atoms with Gasteiger partial charge in [-0.1, -0.05) is 54.6 Å². The summed E-state index contributed by atoms with van der Waals surface area (Å²) in [5, 5.41) is 4.58. The van der Waals surface area contributed by atoms with Gasteiger partial charge in [0.05, 0.1) is 7.11 Å². The number of nitrogens with zero attached hydrogens (tertiary/aromatic N) is 1. The first-order valence-electron chi connectivity index (χ1n) is 10.9. The fraction of sp³-hybridized carbons (Fsp3) is 0.107. The average molecular weight is 436 g/mol. The zero-order valence-corrected chi connectivity index (χ0v) is 18.4. The maximum Gasteiger partial charge on any atom is 0.139 e. The van der Waals surface area contributed by atoms with E-state index in [1.54, 1.807) is 7.11 Å². The van der Waals surface area contributed by atoms with Crippen LogP contribution in [0.25, 0.3) is 22.3 Å². The number of methoxy groups -OCH3 is 1. The van der Waals surface area contributed by atoms with E-state index in [2.05, 4.69) is 57.7 Å². The second-order valence-electron chi connectivity index (χ2n) is 7.81. The van der Waals surface area contributed by atoms with E-state index >= 15 is 0 Å². The summed E-state index contributed by atoms with van der Waals surface area (Å²) in [5.74, 6) is 1.69. The smallest absolute Gasteiger partial charge is 0.139 e. The molecule has 0 fully saturated rings. The highest BCUT2D eigenvalue weighted by Gasteiger charge is 2.09. The van der Waals surface area contributed by atoms with Crippen molar-refractivity contribution >= 4 is 16.7 Å². The zero-order valence-electron chi connectivity index (χ0n) is 18.4. The molecule has 0 radical (unpaired) electrons. The number of nitrogens with one attached hydrogen (secondary N) is 2. The fourth-order valence-electron chi connectivity index (χ4n) is 3.77. The summed E-state index contributed by atoms with van der Waals surface area (Å²) < 4.78 is 11.2. The first-order chi connectivity index (χ1) is 16.3. The number of hydrogen-bond acceptors (Lipinski definition) is 4. The SMILES string of the molecule is COc1ccc(CNc2ccnc3[nH]c(-c4cccc(OCc5ccccc5)c4)cc23)cc1. The van der Waals surface area contributed by atoms with Crippen molar-refractivity contribution in [2.75, 3.05) is 12.4 Å². The lowest BCUT2D eigenvalue weighted by Gasteiger charge is -2.08. The number of aromatic nitrogens is 2. The van der Waals surface area contributed by atoms with E-state index in [0.717, 1.165) is 45.0 Å². The lowest BCUT2D eigenvalue weighted by molar-refractivity contribution is 0.306. The number of hydrogen-bond donors (Lipinski definition) is 2. The second-order valence-corrected chi connectivity index (χ2v) is 7.81. The molecular formula is C28H25N3O2. The molecule has 33 heavy (non-hydrogen) atoms. The van der Waals surface area contributed by atoms with Gasteiger partial charge in [-0.05, 0) is 47.5 Å². The van der Waals surface area contributed by atoms with Crippen LogP contribution in [0.5, 0.6) is 11.5 Å². The van der Waals surface area contributed by atoms with Crippen LogP contribution in [0.1, 0.15) is 11.1 Å². The standard InChI is InChI=1S/C28H25N3O2/c1-32-23-12-10-20(11-13-23)18-30-26-14-15-29-28-25(26)17-27(31-28)22-8-5-9-24(16-22)33-19-21-6-3-2-4-7-21/h2-17H,18-19H2,1H3,(H2,29,30,31). The van der Waals surface area contributed by atoms with Crippen molar-refractivity contribution in [3.63, 3.8) is 0 Å². The van der Waals surface area contributed by atoms with Crippen molar-refractivity contribution in [1.29, 1.82) is 0 Å². The highest BCUT2D eigenvalue weighted by molar-refractivity contribution is 5.93. The van der Waals surface area contributed by atoms with Crippen LogP contribution >= 0.6 is 0 Å². The van der Waals surface area contributed by atoms with Gasteiger partial charge in [-0.3, -0.25) is 0 Å². The number of fused-ring (bicyclic) bond motifs is 1. The molecule has 5 aromatic rings. The summed E-state index contributed by atoms with van der Waals surface area (Å²) in [5.41, 5.74) is 6.27. The van der Waals surface area contributed by atoms with Gasteiger partial charge in [0, 0.05) is 35.1 Å². The molecule has 0 bridgehead atoms. The second kappa shape index (κ2) is 9.49. The van der Waals surface area contributed by atoms with Crippen molar-refractivity contribution in [1.82, 2.24) is 9.97 Å². The van der Waals surface area contributed by atoms with Crippen LogP contribution in [0.3, 0.4) is 0 Å². The minimum Gasteiger partial charge on any atom is -0.497 e. The van der Waals surface area contributed by atoms with E-state index in [1.807, 2.05) is 54.7 Å². The van der Waals surface area contributed by atoms with Crippen molar-refractivity contribution < 1.29 is 9.47 Å². The molecule has 2 N–H and O–H groups in total. The monoisotopic (exact) mass is 435 g/mol. The summed E-state index contributed by atoms with van der Waals surface area (Å²) in [6, 6.07) is 30.5. The summed E-state index contributed by atoms with van der Waals surface area (Å²) in [6.07, 6.45) is 1.82. The highest BCUT2D eigenvalue weighted by Crippen LogP contribution is 2.30. The quantitative estimate of drug-likeness (QED) is 0.295. The molecule has 0 unspecified atom stereocenters.